The van der Waals surface area contributed by atoms with Crippen LogP contribution in [0.25, 0.3) is 5.76 Å². The number of likely N-dealkylation sites (tertiary alicyclic amines) is 1. The number of carbonyl (C=O) groups is 2. The minimum atomic E-state index is -0.882. The maximum absolute atomic E-state index is 13.2. The second-order valence-electron chi connectivity index (χ2n) is 8.52. The van der Waals surface area contributed by atoms with Crippen LogP contribution < -0.4 is 4.74 Å². The molecule has 3 heterocycles. The lowest BCUT2D eigenvalue weighted by Gasteiger charge is -2.23. The predicted molar refractivity (Wildman–Crippen MR) is 122 cm³/mol. The van der Waals surface area contributed by atoms with Crippen LogP contribution >= 0.6 is 0 Å². The van der Waals surface area contributed by atoms with E-state index in [1.54, 1.807) is 38.3 Å². The van der Waals surface area contributed by atoms with E-state index in [9.17, 15) is 14.7 Å². The van der Waals surface area contributed by atoms with Gasteiger partial charge in [0, 0.05) is 5.56 Å². The van der Waals surface area contributed by atoms with Gasteiger partial charge in [0.1, 0.15) is 34.8 Å². The van der Waals surface area contributed by atoms with Crippen LogP contribution in [0, 0.1) is 13.8 Å². The smallest absolute Gasteiger partial charge is 0.296 e. The summed E-state index contributed by atoms with van der Waals surface area (Å²) in [7, 11) is 1.60. The first-order valence-electron chi connectivity index (χ1n) is 10.8. The van der Waals surface area contributed by atoms with E-state index in [2.05, 4.69) is 0 Å². The molecule has 0 bridgehead atoms. The molecule has 0 saturated carbocycles. The number of ketones is 1. The van der Waals surface area contributed by atoms with Crippen molar-refractivity contribution in [2.24, 2.45) is 0 Å². The molecule has 7 nitrogen and oxygen atoms in total. The van der Waals surface area contributed by atoms with Crippen LogP contribution in [0.15, 0.2) is 57.1 Å². The van der Waals surface area contributed by atoms with Crippen LogP contribution in [0.5, 0.6) is 5.75 Å². The second kappa shape index (κ2) is 8.65. The fourth-order valence-electron chi connectivity index (χ4n) is 4.24. The molecule has 33 heavy (non-hydrogen) atoms. The van der Waals surface area contributed by atoms with Gasteiger partial charge in [-0.3, -0.25) is 9.59 Å². The Morgan fingerprint density at radius 2 is 1.94 bits per heavy atom. The van der Waals surface area contributed by atoms with Gasteiger partial charge in [-0.1, -0.05) is 13.8 Å². The average Bonchev–Trinajstić information content (AvgIpc) is 3.50. The minimum absolute atomic E-state index is 0.0103. The van der Waals surface area contributed by atoms with Crippen molar-refractivity contribution in [3.63, 3.8) is 0 Å². The van der Waals surface area contributed by atoms with Crippen LogP contribution in [-0.2, 0) is 16.1 Å². The molecule has 1 fully saturated rings. The fourth-order valence-corrected chi connectivity index (χ4v) is 4.24. The summed E-state index contributed by atoms with van der Waals surface area (Å²) in [4.78, 5) is 27.6. The number of ether oxygens (including phenoxy) is 1. The van der Waals surface area contributed by atoms with Gasteiger partial charge >= 0.3 is 0 Å². The highest BCUT2D eigenvalue weighted by molar-refractivity contribution is 6.46. The maximum Gasteiger partial charge on any atom is 0.296 e. The van der Waals surface area contributed by atoms with Crippen LogP contribution in [0.1, 0.15) is 59.8 Å². The zero-order valence-electron chi connectivity index (χ0n) is 19.3. The first-order chi connectivity index (χ1) is 15.7. The van der Waals surface area contributed by atoms with Gasteiger partial charge in [-0.05, 0) is 67.3 Å². The van der Waals surface area contributed by atoms with E-state index in [0.717, 1.165) is 11.1 Å². The molecule has 1 atom stereocenters. The van der Waals surface area contributed by atoms with Crippen molar-refractivity contribution in [2.75, 3.05) is 7.11 Å². The first kappa shape index (κ1) is 22.5. The fraction of sp³-hybridized carbons (Fsp3) is 0.308. The number of aliphatic hydroxyl groups is 1. The predicted octanol–water partition coefficient (Wildman–Crippen LogP) is 5.24. The van der Waals surface area contributed by atoms with E-state index in [4.69, 9.17) is 13.6 Å². The van der Waals surface area contributed by atoms with Gasteiger partial charge in [0.15, 0.2) is 0 Å². The third-order valence-corrected chi connectivity index (χ3v) is 5.93. The zero-order chi connectivity index (χ0) is 23.9. The summed E-state index contributed by atoms with van der Waals surface area (Å²) in [5.74, 6) is 0.657. The first-order valence-corrected chi connectivity index (χ1v) is 10.8. The molecule has 0 spiro atoms. The number of benzene rings is 1. The van der Waals surface area contributed by atoms with E-state index in [0.29, 0.717) is 28.6 Å². The SMILES string of the molecule is COc1cc(C)c(/C(O)=C2\C(=O)C(=O)N(Cc3ccco3)C2c2ccc(C)o2)cc1C(C)C. The summed E-state index contributed by atoms with van der Waals surface area (Å²) >= 11 is 0. The molecular weight excluding hydrogens is 422 g/mol. The molecule has 1 aliphatic rings. The Hall–Kier alpha value is -3.74. The van der Waals surface area contributed by atoms with Crippen molar-refractivity contribution < 1.29 is 28.3 Å². The second-order valence-corrected chi connectivity index (χ2v) is 8.52. The van der Waals surface area contributed by atoms with Crippen molar-refractivity contribution in [1.82, 2.24) is 4.90 Å². The summed E-state index contributed by atoms with van der Waals surface area (Å²) in [6.07, 6.45) is 1.51. The van der Waals surface area contributed by atoms with Crippen molar-refractivity contribution in [1.29, 1.82) is 0 Å². The van der Waals surface area contributed by atoms with E-state index in [1.807, 2.05) is 32.9 Å². The number of hydrogen-bond acceptors (Lipinski definition) is 6. The van der Waals surface area contributed by atoms with Crippen LogP contribution in [0.4, 0.5) is 0 Å². The highest BCUT2D eigenvalue weighted by atomic mass is 16.5. The molecule has 4 rings (SSSR count). The van der Waals surface area contributed by atoms with Crippen molar-refractivity contribution >= 4 is 17.4 Å². The number of carbonyl (C=O) groups excluding carboxylic acids is 2. The average molecular weight is 450 g/mol. The number of methoxy groups -OCH3 is 1. The van der Waals surface area contributed by atoms with Crippen LogP contribution in [0.3, 0.4) is 0 Å². The molecule has 3 aromatic rings. The largest absolute Gasteiger partial charge is 0.507 e. The Morgan fingerprint density at radius 3 is 2.52 bits per heavy atom. The number of hydrogen-bond donors (Lipinski definition) is 1. The van der Waals surface area contributed by atoms with Crippen molar-refractivity contribution in [3.8, 4) is 5.75 Å². The van der Waals surface area contributed by atoms with Gasteiger partial charge in [-0.15, -0.1) is 0 Å². The Balaban J connectivity index is 1.91. The highest BCUT2D eigenvalue weighted by Crippen LogP contribution is 2.42. The number of aliphatic hydroxyl groups excluding tert-OH is 1. The van der Waals surface area contributed by atoms with Gasteiger partial charge in [0.05, 0.1) is 25.5 Å². The molecule has 1 amide bonds. The van der Waals surface area contributed by atoms with E-state index < -0.39 is 17.7 Å². The van der Waals surface area contributed by atoms with Gasteiger partial charge in [-0.25, -0.2) is 0 Å². The molecule has 172 valence electrons. The van der Waals surface area contributed by atoms with Gasteiger partial charge < -0.3 is 23.6 Å². The van der Waals surface area contributed by atoms with Crippen LogP contribution in [-0.4, -0.2) is 28.8 Å². The van der Waals surface area contributed by atoms with Crippen molar-refractivity contribution in [3.05, 3.63) is 82.2 Å². The lowest BCUT2D eigenvalue weighted by atomic mass is 9.92. The molecule has 1 aliphatic heterocycles. The molecular formula is C26H27NO6. The van der Waals surface area contributed by atoms with E-state index >= 15 is 0 Å². The monoisotopic (exact) mass is 449 g/mol. The molecule has 1 aromatic carbocycles. The molecule has 7 heteroatoms. The van der Waals surface area contributed by atoms with E-state index in [1.165, 1.54) is 11.2 Å². The number of Topliss-reactive ketones (excluding diaryl/α,β-unsaturated/α-hetero) is 1. The number of amides is 1. The number of aryl methyl sites for hydroxylation is 2. The number of rotatable bonds is 6. The molecule has 0 aliphatic carbocycles. The Labute approximate surface area is 192 Å². The normalized spacial score (nSPS) is 17.9. The Kier molecular flexibility index (Phi) is 5.89. The Bertz CT molecular complexity index is 1230. The third kappa shape index (κ3) is 3.95. The van der Waals surface area contributed by atoms with Gasteiger partial charge in [-0.2, -0.15) is 0 Å². The standard InChI is InChI=1S/C26H27NO6/c1-14(2)18-12-19(15(3)11-21(18)31-5)24(28)22-23(20-9-8-16(4)33-20)27(26(30)25(22)29)13-17-7-6-10-32-17/h6-12,14,23,28H,13H2,1-5H3/b24-22+. The molecule has 1 N–H and O–H groups in total. The molecule has 1 unspecified atom stereocenters. The lowest BCUT2D eigenvalue weighted by molar-refractivity contribution is -0.140. The molecule has 1 saturated heterocycles. The molecule has 0 radical (unpaired) electrons. The summed E-state index contributed by atoms with van der Waals surface area (Å²) in [6.45, 7) is 7.71. The zero-order valence-corrected chi connectivity index (χ0v) is 19.3. The number of nitrogens with zero attached hydrogens (tertiary/aromatic N) is 1. The molecule has 2 aromatic heterocycles. The maximum atomic E-state index is 13.2. The van der Waals surface area contributed by atoms with Crippen LogP contribution in [0.2, 0.25) is 0 Å². The quantitative estimate of drug-likeness (QED) is 0.314. The highest BCUT2D eigenvalue weighted by Gasteiger charge is 2.48. The minimum Gasteiger partial charge on any atom is -0.507 e. The summed E-state index contributed by atoms with van der Waals surface area (Å²) in [5.41, 5.74) is 2.08. The van der Waals surface area contributed by atoms with Gasteiger partial charge in [0.2, 0.25) is 0 Å². The summed E-state index contributed by atoms with van der Waals surface area (Å²) in [5, 5.41) is 11.4. The summed E-state index contributed by atoms with van der Waals surface area (Å²) in [6, 6.07) is 9.69. The number of furan rings is 2. The topological polar surface area (TPSA) is 93.1 Å². The van der Waals surface area contributed by atoms with Gasteiger partial charge in [0.25, 0.3) is 11.7 Å². The third-order valence-electron chi connectivity index (χ3n) is 5.93. The van der Waals surface area contributed by atoms with Crippen molar-refractivity contribution in [2.45, 2.75) is 46.2 Å². The Morgan fingerprint density at radius 1 is 1.18 bits per heavy atom. The lowest BCUT2D eigenvalue weighted by Crippen LogP contribution is -2.28. The summed E-state index contributed by atoms with van der Waals surface area (Å²) < 4.78 is 16.7. The van der Waals surface area contributed by atoms with E-state index in [-0.39, 0.29) is 23.8 Å².